The lowest BCUT2D eigenvalue weighted by molar-refractivity contribution is 0.656. The van der Waals surface area contributed by atoms with Gasteiger partial charge in [-0.15, -0.1) is 11.3 Å². The molecule has 1 fully saturated rings. The van der Waals surface area contributed by atoms with E-state index in [2.05, 4.69) is 16.7 Å². The minimum Gasteiger partial charge on any atom is -0.326 e. The molecule has 13 heavy (non-hydrogen) atoms. The van der Waals surface area contributed by atoms with Gasteiger partial charge in [-0.2, -0.15) is 11.8 Å². The van der Waals surface area contributed by atoms with Crippen LogP contribution < -0.4 is 5.73 Å². The molecule has 1 aliphatic rings. The first-order valence-electron chi connectivity index (χ1n) is 4.62. The predicted octanol–water partition coefficient (Wildman–Crippen LogP) is 2.21. The SMILES string of the molecule is NCc1cnc(C2CCCSC2)s1. The van der Waals surface area contributed by atoms with Crippen molar-refractivity contribution in [1.29, 1.82) is 0 Å². The molecule has 2 heterocycles. The van der Waals surface area contributed by atoms with Gasteiger partial charge in [0, 0.05) is 29.3 Å². The number of thioether (sulfide) groups is 1. The van der Waals surface area contributed by atoms with Gasteiger partial charge in [-0.3, -0.25) is 0 Å². The smallest absolute Gasteiger partial charge is 0.0967 e. The van der Waals surface area contributed by atoms with Crippen LogP contribution in [0.15, 0.2) is 6.20 Å². The van der Waals surface area contributed by atoms with Crippen LogP contribution in [0.4, 0.5) is 0 Å². The normalized spacial score (nSPS) is 23.3. The summed E-state index contributed by atoms with van der Waals surface area (Å²) in [4.78, 5) is 5.65. The molecule has 2 nitrogen and oxygen atoms in total. The van der Waals surface area contributed by atoms with E-state index in [1.807, 2.05) is 6.20 Å². The zero-order valence-electron chi connectivity index (χ0n) is 7.53. The number of thiazole rings is 1. The van der Waals surface area contributed by atoms with Crippen LogP contribution >= 0.6 is 23.1 Å². The molecule has 1 aromatic rings. The van der Waals surface area contributed by atoms with Crippen molar-refractivity contribution >= 4 is 23.1 Å². The Labute approximate surface area is 86.9 Å². The van der Waals surface area contributed by atoms with Crippen LogP contribution in [0.3, 0.4) is 0 Å². The van der Waals surface area contributed by atoms with Crippen molar-refractivity contribution in [2.45, 2.75) is 25.3 Å². The highest BCUT2D eigenvalue weighted by Crippen LogP contribution is 2.33. The number of nitrogens with zero attached hydrogens (tertiary/aromatic N) is 1. The fourth-order valence-electron chi connectivity index (χ4n) is 1.54. The summed E-state index contributed by atoms with van der Waals surface area (Å²) >= 11 is 3.84. The maximum Gasteiger partial charge on any atom is 0.0967 e. The van der Waals surface area contributed by atoms with E-state index in [4.69, 9.17) is 5.73 Å². The van der Waals surface area contributed by atoms with Gasteiger partial charge in [0.2, 0.25) is 0 Å². The summed E-state index contributed by atoms with van der Waals surface area (Å²) in [5.74, 6) is 3.27. The Morgan fingerprint density at radius 3 is 3.15 bits per heavy atom. The minimum atomic E-state index is 0.636. The molecule has 0 amide bonds. The highest BCUT2D eigenvalue weighted by Gasteiger charge is 2.18. The molecule has 2 N–H and O–H groups in total. The Bertz CT molecular complexity index is 266. The third-order valence-corrected chi connectivity index (χ3v) is 4.68. The summed E-state index contributed by atoms with van der Waals surface area (Å²) in [6, 6.07) is 0. The molecule has 0 saturated carbocycles. The van der Waals surface area contributed by atoms with Gasteiger partial charge in [-0.1, -0.05) is 0 Å². The van der Waals surface area contributed by atoms with E-state index < -0.39 is 0 Å². The maximum absolute atomic E-state index is 5.56. The largest absolute Gasteiger partial charge is 0.326 e. The topological polar surface area (TPSA) is 38.9 Å². The molecule has 2 rings (SSSR count). The molecule has 1 unspecified atom stereocenters. The lowest BCUT2D eigenvalue weighted by Crippen LogP contribution is -2.07. The Morgan fingerprint density at radius 1 is 1.62 bits per heavy atom. The molecule has 0 bridgehead atoms. The summed E-state index contributed by atoms with van der Waals surface area (Å²) in [5.41, 5.74) is 5.56. The Balaban J connectivity index is 2.05. The first kappa shape index (κ1) is 9.49. The van der Waals surface area contributed by atoms with Crippen molar-refractivity contribution in [2.24, 2.45) is 5.73 Å². The summed E-state index contributed by atoms with van der Waals surface area (Å²) < 4.78 is 0. The number of hydrogen-bond acceptors (Lipinski definition) is 4. The van der Waals surface area contributed by atoms with Crippen LogP contribution in [0, 0.1) is 0 Å². The molecule has 0 spiro atoms. The molecular formula is C9H14N2S2. The Morgan fingerprint density at radius 2 is 2.54 bits per heavy atom. The molecule has 0 aliphatic carbocycles. The number of nitrogens with two attached hydrogens (primary N) is 1. The van der Waals surface area contributed by atoms with Crippen LogP contribution in [0.5, 0.6) is 0 Å². The summed E-state index contributed by atoms with van der Waals surface area (Å²) in [7, 11) is 0. The van der Waals surface area contributed by atoms with E-state index in [0.29, 0.717) is 12.5 Å². The van der Waals surface area contributed by atoms with Crippen LogP contribution in [-0.4, -0.2) is 16.5 Å². The molecule has 4 heteroatoms. The van der Waals surface area contributed by atoms with Crippen molar-refractivity contribution < 1.29 is 0 Å². The number of aromatic nitrogens is 1. The number of hydrogen-bond donors (Lipinski definition) is 1. The average Bonchev–Trinajstić information content (AvgIpc) is 2.67. The summed E-state index contributed by atoms with van der Waals surface area (Å²) in [6.45, 7) is 0.636. The van der Waals surface area contributed by atoms with E-state index in [1.54, 1.807) is 11.3 Å². The molecule has 1 saturated heterocycles. The van der Waals surface area contributed by atoms with E-state index in [9.17, 15) is 0 Å². The summed E-state index contributed by atoms with van der Waals surface area (Å²) in [6.07, 6.45) is 4.58. The zero-order chi connectivity index (χ0) is 9.10. The molecule has 1 aliphatic heterocycles. The second-order valence-corrected chi connectivity index (χ2v) is 5.58. The highest BCUT2D eigenvalue weighted by atomic mass is 32.2. The van der Waals surface area contributed by atoms with Crippen molar-refractivity contribution in [3.63, 3.8) is 0 Å². The zero-order valence-corrected chi connectivity index (χ0v) is 9.16. The quantitative estimate of drug-likeness (QED) is 0.820. The van der Waals surface area contributed by atoms with Gasteiger partial charge in [0.25, 0.3) is 0 Å². The molecule has 1 aromatic heterocycles. The van der Waals surface area contributed by atoms with Gasteiger partial charge in [0.1, 0.15) is 0 Å². The average molecular weight is 214 g/mol. The van der Waals surface area contributed by atoms with E-state index in [-0.39, 0.29) is 0 Å². The maximum atomic E-state index is 5.56. The van der Waals surface area contributed by atoms with E-state index >= 15 is 0 Å². The third-order valence-electron chi connectivity index (χ3n) is 2.28. The fourth-order valence-corrected chi connectivity index (χ4v) is 3.72. The van der Waals surface area contributed by atoms with Gasteiger partial charge >= 0.3 is 0 Å². The monoisotopic (exact) mass is 214 g/mol. The first-order valence-corrected chi connectivity index (χ1v) is 6.59. The fraction of sp³-hybridized carbons (Fsp3) is 0.667. The summed E-state index contributed by atoms with van der Waals surface area (Å²) in [5, 5.41) is 1.30. The lowest BCUT2D eigenvalue weighted by Gasteiger charge is -2.18. The van der Waals surface area contributed by atoms with Crippen molar-refractivity contribution in [1.82, 2.24) is 4.98 Å². The van der Waals surface area contributed by atoms with Gasteiger partial charge in [0.05, 0.1) is 5.01 Å². The third kappa shape index (κ3) is 2.24. The minimum absolute atomic E-state index is 0.636. The molecule has 1 atom stereocenters. The second kappa shape index (κ2) is 4.44. The van der Waals surface area contributed by atoms with Crippen molar-refractivity contribution in [3.05, 3.63) is 16.1 Å². The van der Waals surface area contributed by atoms with Crippen LogP contribution in [0.2, 0.25) is 0 Å². The van der Waals surface area contributed by atoms with Gasteiger partial charge in [-0.25, -0.2) is 4.98 Å². The van der Waals surface area contributed by atoms with Gasteiger partial charge in [0.15, 0.2) is 0 Å². The van der Waals surface area contributed by atoms with E-state index in [1.165, 1.54) is 34.2 Å². The molecule has 0 radical (unpaired) electrons. The predicted molar refractivity (Wildman–Crippen MR) is 59.3 cm³/mol. The van der Waals surface area contributed by atoms with Crippen LogP contribution in [-0.2, 0) is 6.54 Å². The molecule has 72 valence electrons. The van der Waals surface area contributed by atoms with Crippen molar-refractivity contribution in [3.8, 4) is 0 Å². The van der Waals surface area contributed by atoms with Crippen molar-refractivity contribution in [2.75, 3.05) is 11.5 Å². The van der Waals surface area contributed by atoms with Gasteiger partial charge in [-0.05, 0) is 18.6 Å². The number of rotatable bonds is 2. The Kier molecular flexibility index (Phi) is 3.24. The molecule has 0 aromatic carbocycles. The van der Waals surface area contributed by atoms with Crippen LogP contribution in [0.25, 0.3) is 0 Å². The van der Waals surface area contributed by atoms with E-state index in [0.717, 1.165) is 0 Å². The standard InChI is InChI=1S/C9H14N2S2/c10-4-8-5-11-9(13-8)7-2-1-3-12-6-7/h5,7H,1-4,6,10H2. The highest BCUT2D eigenvalue weighted by molar-refractivity contribution is 7.99. The Hall–Kier alpha value is -0.0600. The van der Waals surface area contributed by atoms with Crippen LogP contribution in [0.1, 0.15) is 28.6 Å². The first-order chi connectivity index (χ1) is 6.40. The lowest BCUT2D eigenvalue weighted by atomic mass is 10.1. The second-order valence-electron chi connectivity index (χ2n) is 3.28. The van der Waals surface area contributed by atoms with Gasteiger partial charge < -0.3 is 5.73 Å². The molecular weight excluding hydrogens is 200 g/mol.